The van der Waals surface area contributed by atoms with Gasteiger partial charge in [-0.25, -0.2) is 12.8 Å². The summed E-state index contributed by atoms with van der Waals surface area (Å²) >= 11 is 5.95. The number of sulfonamides is 1. The predicted octanol–water partition coefficient (Wildman–Crippen LogP) is 4.20. The third kappa shape index (κ3) is 3.48. The van der Waals surface area contributed by atoms with Crippen LogP contribution in [0.1, 0.15) is 21.5 Å². The summed E-state index contributed by atoms with van der Waals surface area (Å²) in [7, 11) is -4.45. The van der Waals surface area contributed by atoms with Crippen LogP contribution in [0.15, 0.2) is 53.4 Å². The molecule has 1 aliphatic rings. The van der Waals surface area contributed by atoms with Crippen LogP contribution in [0.4, 0.5) is 10.1 Å². The van der Waals surface area contributed by atoms with Gasteiger partial charge in [-0.05, 0) is 53.4 Å². The Labute approximate surface area is 177 Å². The summed E-state index contributed by atoms with van der Waals surface area (Å²) in [6.07, 6.45) is 0. The maximum absolute atomic E-state index is 14.6. The van der Waals surface area contributed by atoms with Crippen LogP contribution < -0.4 is 10.0 Å². The molecule has 0 aliphatic carbocycles. The number of hydrogen-bond donors (Lipinski definition) is 3. The summed E-state index contributed by atoms with van der Waals surface area (Å²) in [5.74, 6) is -2.08. The highest BCUT2D eigenvalue weighted by Gasteiger charge is 2.26. The Morgan fingerprint density at radius 2 is 1.83 bits per heavy atom. The molecule has 1 heterocycles. The summed E-state index contributed by atoms with van der Waals surface area (Å²) in [5, 5.41) is 12.6. The molecular weight excluding hydrogens is 431 g/mol. The van der Waals surface area contributed by atoms with E-state index in [0.717, 1.165) is 17.2 Å². The largest absolute Gasteiger partial charge is 0.505 e. The zero-order chi connectivity index (χ0) is 21.6. The number of amides is 1. The Bertz CT molecular complexity index is 1310. The van der Waals surface area contributed by atoms with Crippen molar-refractivity contribution in [2.24, 2.45) is 0 Å². The van der Waals surface area contributed by atoms with Crippen molar-refractivity contribution in [2.45, 2.75) is 18.4 Å². The van der Waals surface area contributed by atoms with Gasteiger partial charge in [-0.15, -0.1) is 0 Å². The average Bonchev–Trinajstić information content (AvgIpc) is 2.70. The molecule has 0 atom stereocenters. The van der Waals surface area contributed by atoms with E-state index < -0.39 is 32.4 Å². The molecule has 0 aromatic heterocycles. The van der Waals surface area contributed by atoms with E-state index in [9.17, 15) is 22.7 Å². The molecule has 0 fully saturated rings. The molecular formula is C21H16ClFN2O4S. The molecule has 4 bridgehead atoms. The van der Waals surface area contributed by atoms with E-state index >= 15 is 0 Å². The molecule has 0 radical (unpaired) electrons. The molecule has 0 saturated carbocycles. The van der Waals surface area contributed by atoms with Crippen LogP contribution in [0.5, 0.6) is 5.75 Å². The second kappa shape index (κ2) is 7.30. The van der Waals surface area contributed by atoms with Gasteiger partial charge in [-0.1, -0.05) is 35.9 Å². The standard InChI is InChI=1S/C21H16ClFN2O4S/c1-11-6-17(23)18-9-15(11)14-5-3-2-4-12(14)10-24-21(27)13-7-16(22)20(26)19(8-13)30(28,29)25-18/h2-9,25-26H,10H2,1H3,(H,24,27). The van der Waals surface area contributed by atoms with Crippen molar-refractivity contribution >= 4 is 33.2 Å². The zero-order valence-electron chi connectivity index (χ0n) is 15.7. The molecule has 30 heavy (non-hydrogen) atoms. The summed E-state index contributed by atoms with van der Waals surface area (Å²) in [4.78, 5) is 12.0. The Balaban J connectivity index is 2.01. The first-order valence-corrected chi connectivity index (χ1v) is 10.8. The minimum atomic E-state index is -4.45. The fraction of sp³-hybridized carbons (Fsp3) is 0.0952. The third-order valence-corrected chi connectivity index (χ3v) is 6.55. The third-order valence-electron chi connectivity index (χ3n) is 4.89. The number of aromatic hydroxyl groups is 1. The van der Waals surface area contributed by atoms with Crippen LogP contribution in [0.25, 0.3) is 11.1 Å². The van der Waals surface area contributed by atoms with Gasteiger partial charge in [0.1, 0.15) is 10.7 Å². The highest BCUT2D eigenvalue weighted by Crippen LogP contribution is 2.36. The monoisotopic (exact) mass is 446 g/mol. The molecule has 0 unspecified atom stereocenters. The number of fused-ring (bicyclic) bond motifs is 6. The molecule has 3 N–H and O–H groups in total. The summed E-state index contributed by atoms with van der Waals surface area (Å²) in [6.45, 7) is 1.86. The maximum Gasteiger partial charge on any atom is 0.265 e. The quantitative estimate of drug-likeness (QED) is 0.482. The van der Waals surface area contributed by atoms with Gasteiger partial charge in [0, 0.05) is 12.1 Å². The first kappa shape index (κ1) is 20.2. The minimum absolute atomic E-state index is 0.0572. The molecule has 0 spiro atoms. The Kier molecular flexibility index (Phi) is 4.91. The van der Waals surface area contributed by atoms with E-state index in [-0.39, 0.29) is 22.8 Å². The SMILES string of the molecule is Cc1cc(F)c2cc1-c1ccccc1CNC(=O)c1cc(Cl)c(O)c(c1)S(=O)(=O)N2. The van der Waals surface area contributed by atoms with E-state index in [2.05, 4.69) is 10.0 Å². The van der Waals surface area contributed by atoms with Crippen LogP contribution in [0.2, 0.25) is 5.02 Å². The van der Waals surface area contributed by atoms with Gasteiger partial charge in [-0.3, -0.25) is 9.52 Å². The first-order chi connectivity index (χ1) is 14.2. The summed E-state index contributed by atoms with van der Waals surface area (Å²) in [5.41, 5.74) is 2.34. The fourth-order valence-electron chi connectivity index (χ4n) is 3.37. The lowest BCUT2D eigenvalue weighted by Gasteiger charge is -2.15. The second-order valence-electron chi connectivity index (χ2n) is 6.90. The number of anilines is 1. The summed E-state index contributed by atoms with van der Waals surface area (Å²) < 4.78 is 42.6. The summed E-state index contributed by atoms with van der Waals surface area (Å²) in [6, 6.07) is 12.0. The number of halogens is 2. The molecule has 1 amide bonds. The van der Waals surface area contributed by atoms with Gasteiger partial charge < -0.3 is 10.4 Å². The number of carbonyl (C=O) groups excluding carboxylic acids is 1. The molecule has 3 aromatic rings. The number of aryl methyl sites for hydroxylation is 1. The van der Waals surface area contributed by atoms with Crippen LogP contribution in [-0.4, -0.2) is 19.4 Å². The Hall–Kier alpha value is -3.10. The van der Waals surface area contributed by atoms with E-state index in [1.807, 2.05) is 12.1 Å². The molecule has 1 aliphatic heterocycles. The molecule has 4 rings (SSSR count). The number of carbonyl (C=O) groups is 1. The van der Waals surface area contributed by atoms with E-state index in [1.165, 1.54) is 18.2 Å². The van der Waals surface area contributed by atoms with Crippen molar-refractivity contribution in [2.75, 3.05) is 4.72 Å². The smallest absolute Gasteiger partial charge is 0.265 e. The van der Waals surface area contributed by atoms with E-state index in [1.54, 1.807) is 19.1 Å². The number of phenols is 1. The molecule has 3 aromatic carbocycles. The van der Waals surface area contributed by atoms with Crippen LogP contribution in [0, 0.1) is 12.7 Å². The fourth-order valence-corrected chi connectivity index (χ4v) is 4.84. The second-order valence-corrected chi connectivity index (χ2v) is 8.96. The van der Waals surface area contributed by atoms with Gasteiger partial charge in [0.15, 0.2) is 5.75 Å². The van der Waals surface area contributed by atoms with Gasteiger partial charge in [0.05, 0.1) is 10.7 Å². The van der Waals surface area contributed by atoms with Crippen LogP contribution >= 0.6 is 11.6 Å². The zero-order valence-corrected chi connectivity index (χ0v) is 17.2. The van der Waals surface area contributed by atoms with Gasteiger partial charge in [-0.2, -0.15) is 0 Å². The van der Waals surface area contributed by atoms with Crippen molar-refractivity contribution in [3.05, 3.63) is 76.1 Å². The topological polar surface area (TPSA) is 95.5 Å². The van der Waals surface area contributed by atoms with Gasteiger partial charge in [0.25, 0.3) is 15.9 Å². The van der Waals surface area contributed by atoms with E-state index in [4.69, 9.17) is 11.6 Å². The number of hydrogen-bond acceptors (Lipinski definition) is 4. The first-order valence-electron chi connectivity index (χ1n) is 8.89. The molecule has 0 saturated heterocycles. The lowest BCUT2D eigenvalue weighted by atomic mass is 9.95. The van der Waals surface area contributed by atoms with Crippen LogP contribution in [0.3, 0.4) is 0 Å². The minimum Gasteiger partial charge on any atom is -0.505 e. The Morgan fingerprint density at radius 3 is 2.60 bits per heavy atom. The molecule has 6 nitrogen and oxygen atoms in total. The molecule has 154 valence electrons. The van der Waals surface area contributed by atoms with Crippen molar-refractivity contribution in [3.63, 3.8) is 0 Å². The number of nitrogens with one attached hydrogen (secondary N) is 2. The number of rotatable bonds is 0. The number of benzene rings is 3. The average molecular weight is 447 g/mol. The van der Waals surface area contributed by atoms with E-state index in [0.29, 0.717) is 11.1 Å². The predicted molar refractivity (Wildman–Crippen MR) is 112 cm³/mol. The Morgan fingerprint density at radius 1 is 1.10 bits per heavy atom. The van der Waals surface area contributed by atoms with Crippen molar-refractivity contribution in [1.29, 1.82) is 0 Å². The lowest BCUT2D eigenvalue weighted by molar-refractivity contribution is 0.0950. The van der Waals surface area contributed by atoms with Gasteiger partial charge >= 0.3 is 0 Å². The number of phenolic OH excluding ortho intramolecular Hbond substituents is 1. The van der Waals surface area contributed by atoms with Crippen molar-refractivity contribution in [3.8, 4) is 16.9 Å². The molecule has 9 heteroatoms. The van der Waals surface area contributed by atoms with Crippen molar-refractivity contribution in [1.82, 2.24) is 5.32 Å². The van der Waals surface area contributed by atoms with Crippen LogP contribution in [-0.2, 0) is 16.6 Å². The lowest BCUT2D eigenvalue weighted by Crippen LogP contribution is -2.23. The highest BCUT2D eigenvalue weighted by atomic mass is 35.5. The highest BCUT2D eigenvalue weighted by molar-refractivity contribution is 7.92. The van der Waals surface area contributed by atoms with Gasteiger partial charge in [0.2, 0.25) is 0 Å². The van der Waals surface area contributed by atoms with Crippen molar-refractivity contribution < 1.29 is 22.7 Å². The normalized spacial score (nSPS) is 15.0. The maximum atomic E-state index is 14.6.